The maximum Gasteiger partial charge on any atom is 0.291 e. The van der Waals surface area contributed by atoms with Gasteiger partial charge < -0.3 is 20.5 Å². The van der Waals surface area contributed by atoms with E-state index in [0.717, 1.165) is 22.3 Å². The zero-order valence-corrected chi connectivity index (χ0v) is 20.6. The Hall–Kier alpha value is -4.56. The lowest BCUT2D eigenvalue weighted by Crippen LogP contribution is -2.29. The number of carbonyl (C=O) groups is 1. The van der Waals surface area contributed by atoms with Crippen molar-refractivity contribution < 1.29 is 14.3 Å². The molecule has 8 heteroatoms. The van der Waals surface area contributed by atoms with Crippen molar-refractivity contribution in [3.05, 3.63) is 113 Å². The molecule has 0 radical (unpaired) electrons. The van der Waals surface area contributed by atoms with Gasteiger partial charge in [0.25, 0.3) is 11.9 Å². The molecule has 2 aromatic carbocycles. The van der Waals surface area contributed by atoms with Crippen molar-refractivity contribution in [2.45, 2.75) is 19.5 Å². The summed E-state index contributed by atoms with van der Waals surface area (Å²) in [6, 6.07) is 16.6. The molecular formula is C29H29N5O3. The summed E-state index contributed by atoms with van der Waals surface area (Å²) in [5, 5.41) is 11.5. The van der Waals surface area contributed by atoms with Crippen LogP contribution >= 0.6 is 0 Å². The molecule has 0 saturated carbocycles. The van der Waals surface area contributed by atoms with E-state index < -0.39 is 12.1 Å². The molecule has 2 aliphatic heterocycles. The van der Waals surface area contributed by atoms with Gasteiger partial charge in [0, 0.05) is 16.7 Å². The van der Waals surface area contributed by atoms with Crippen molar-refractivity contribution in [1.29, 1.82) is 5.41 Å². The second kappa shape index (κ2) is 11.9. The fourth-order valence-corrected chi connectivity index (χ4v) is 4.11. The number of nitrogens with two attached hydrogens (primary N) is 1. The normalized spacial score (nSPS) is 18.6. The molecule has 188 valence electrons. The van der Waals surface area contributed by atoms with Crippen molar-refractivity contribution in [2.24, 2.45) is 15.7 Å². The molecule has 2 aliphatic rings. The number of benzene rings is 2. The first-order chi connectivity index (χ1) is 18.0. The molecular weight excluding hydrogens is 466 g/mol. The van der Waals surface area contributed by atoms with Gasteiger partial charge in [0.15, 0.2) is 0 Å². The van der Waals surface area contributed by atoms with E-state index in [4.69, 9.17) is 20.6 Å². The number of para-hydroxylation sites is 1. The fraction of sp³-hybridized carbons (Fsp3) is 0.172. The van der Waals surface area contributed by atoms with Crippen LogP contribution in [0.5, 0.6) is 0 Å². The minimum atomic E-state index is -1.21. The number of amidine groups is 1. The van der Waals surface area contributed by atoms with Crippen LogP contribution in [0.1, 0.15) is 24.5 Å². The lowest BCUT2D eigenvalue weighted by molar-refractivity contribution is -0.117. The van der Waals surface area contributed by atoms with Gasteiger partial charge in [-0.25, -0.2) is 4.99 Å². The van der Waals surface area contributed by atoms with Gasteiger partial charge in [-0.2, -0.15) is 4.99 Å². The predicted molar refractivity (Wildman–Crippen MR) is 147 cm³/mol. The van der Waals surface area contributed by atoms with Crippen LogP contribution in [0, 0.1) is 5.41 Å². The summed E-state index contributed by atoms with van der Waals surface area (Å²) in [6.07, 6.45) is 6.69. The number of hydrogen-bond acceptors (Lipinski definition) is 6. The first-order valence-corrected chi connectivity index (χ1v) is 11.9. The number of nitrogens with one attached hydrogen (secondary N) is 2. The number of amides is 1. The third kappa shape index (κ3) is 5.99. The smallest absolute Gasteiger partial charge is 0.291 e. The Bertz CT molecular complexity index is 1350. The summed E-state index contributed by atoms with van der Waals surface area (Å²) in [5.74, 6) is -0.675. The number of fused-ring (bicyclic) bond motifs is 1. The molecule has 0 saturated heterocycles. The Morgan fingerprint density at radius 1 is 1.24 bits per heavy atom. The maximum atomic E-state index is 13.0. The predicted octanol–water partition coefficient (Wildman–Crippen LogP) is 4.52. The monoisotopic (exact) mass is 495 g/mol. The molecule has 1 amide bonds. The molecule has 4 rings (SSSR count). The second-order valence-electron chi connectivity index (χ2n) is 8.24. The SMILES string of the molecule is C=C/C(C1=CCOCC1)=C(\C=C/C)C(=N)O/C(N)=N/C1N=C(c2ccccc2)c2ccccc2NC1=O. The Morgan fingerprint density at radius 3 is 2.70 bits per heavy atom. The summed E-state index contributed by atoms with van der Waals surface area (Å²) >= 11 is 0. The van der Waals surface area contributed by atoms with E-state index in [-0.39, 0.29) is 11.9 Å². The summed E-state index contributed by atoms with van der Waals surface area (Å²) in [4.78, 5) is 21.9. The minimum Gasteiger partial charge on any atom is -0.407 e. The number of hydrogen-bond donors (Lipinski definition) is 3. The first kappa shape index (κ1) is 25.5. The summed E-state index contributed by atoms with van der Waals surface area (Å²) < 4.78 is 11.0. The third-order valence-corrected chi connectivity index (χ3v) is 5.81. The topological polar surface area (TPSA) is 122 Å². The molecule has 2 aromatic rings. The molecule has 0 bridgehead atoms. The minimum absolute atomic E-state index is 0.216. The molecule has 4 N–H and O–H groups in total. The van der Waals surface area contributed by atoms with Crippen LogP contribution in [-0.4, -0.2) is 42.9 Å². The quantitative estimate of drug-likeness (QED) is 0.310. The Labute approximate surface area is 216 Å². The van der Waals surface area contributed by atoms with E-state index in [1.807, 2.05) is 67.6 Å². The molecule has 1 unspecified atom stereocenters. The number of nitrogens with zero attached hydrogens (tertiary/aromatic N) is 2. The van der Waals surface area contributed by atoms with E-state index in [1.54, 1.807) is 18.2 Å². The van der Waals surface area contributed by atoms with Crippen molar-refractivity contribution in [3.63, 3.8) is 0 Å². The lowest BCUT2D eigenvalue weighted by atomic mass is 9.95. The van der Waals surface area contributed by atoms with Crippen LogP contribution in [0.15, 0.2) is 112 Å². The molecule has 37 heavy (non-hydrogen) atoms. The van der Waals surface area contributed by atoms with Gasteiger partial charge in [-0.15, -0.1) is 0 Å². The average Bonchev–Trinajstić information content (AvgIpc) is 3.05. The van der Waals surface area contributed by atoms with E-state index >= 15 is 0 Å². The second-order valence-corrected chi connectivity index (χ2v) is 8.24. The van der Waals surface area contributed by atoms with Crippen molar-refractivity contribution >= 4 is 29.2 Å². The van der Waals surface area contributed by atoms with Crippen LogP contribution < -0.4 is 11.1 Å². The number of rotatable bonds is 6. The van der Waals surface area contributed by atoms with Crippen LogP contribution in [0.2, 0.25) is 0 Å². The molecule has 0 aromatic heterocycles. The average molecular weight is 496 g/mol. The summed E-state index contributed by atoms with van der Waals surface area (Å²) in [6.45, 7) is 6.84. The first-order valence-electron chi connectivity index (χ1n) is 11.9. The maximum absolute atomic E-state index is 13.0. The Morgan fingerprint density at radius 2 is 2.00 bits per heavy atom. The van der Waals surface area contributed by atoms with Gasteiger partial charge in [-0.3, -0.25) is 10.2 Å². The molecule has 0 aliphatic carbocycles. The number of carbonyl (C=O) groups excluding carboxylic acids is 1. The molecule has 8 nitrogen and oxygen atoms in total. The van der Waals surface area contributed by atoms with Gasteiger partial charge in [0.05, 0.1) is 24.6 Å². The van der Waals surface area contributed by atoms with Crippen LogP contribution in [-0.2, 0) is 14.3 Å². The summed E-state index contributed by atoms with van der Waals surface area (Å²) in [5.41, 5.74) is 11.2. The highest BCUT2D eigenvalue weighted by Gasteiger charge is 2.26. The fourth-order valence-electron chi connectivity index (χ4n) is 4.11. The largest absolute Gasteiger partial charge is 0.407 e. The highest BCUT2D eigenvalue weighted by atomic mass is 16.5. The van der Waals surface area contributed by atoms with Gasteiger partial charge >= 0.3 is 0 Å². The van der Waals surface area contributed by atoms with Crippen molar-refractivity contribution in [2.75, 3.05) is 18.5 Å². The molecule has 1 atom stereocenters. The van der Waals surface area contributed by atoms with Crippen molar-refractivity contribution in [3.8, 4) is 0 Å². The van der Waals surface area contributed by atoms with Gasteiger partial charge in [-0.05, 0) is 30.6 Å². The van der Waals surface area contributed by atoms with Crippen molar-refractivity contribution in [1.82, 2.24) is 0 Å². The van der Waals surface area contributed by atoms with Crippen LogP contribution in [0.25, 0.3) is 0 Å². The van der Waals surface area contributed by atoms with E-state index in [1.165, 1.54) is 0 Å². The van der Waals surface area contributed by atoms with E-state index in [9.17, 15) is 4.79 Å². The Balaban J connectivity index is 1.67. The summed E-state index contributed by atoms with van der Waals surface area (Å²) in [7, 11) is 0. The number of allylic oxidation sites excluding steroid dienone is 3. The number of aliphatic imine (C=N–C) groups is 2. The molecule has 0 spiro atoms. The van der Waals surface area contributed by atoms with Gasteiger partial charge in [-0.1, -0.05) is 79.4 Å². The Kier molecular flexibility index (Phi) is 8.22. The van der Waals surface area contributed by atoms with Crippen LogP contribution in [0.3, 0.4) is 0 Å². The van der Waals surface area contributed by atoms with Gasteiger partial charge in [0.1, 0.15) is 0 Å². The van der Waals surface area contributed by atoms with Gasteiger partial charge in [0.2, 0.25) is 12.1 Å². The molecule has 0 fully saturated rings. The highest BCUT2D eigenvalue weighted by molar-refractivity contribution is 6.19. The number of benzodiazepines with no additional fused rings is 1. The van der Waals surface area contributed by atoms with Crippen LogP contribution in [0.4, 0.5) is 5.69 Å². The van der Waals surface area contributed by atoms with E-state index in [2.05, 4.69) is 21.9 Å². The third-order valence-electron chi connectivity index (χ3n) is 5.81. The molecule has 2 heterocycles. The standard InChI is InChI=1S/C29H29N5O3/c1-3-10-22(21(4-2)19-15-17-36-18-16-19)26(30)37-29(31)34-27-28(35)32-24-14-9-8-13-23(24)25(33-27)20-11-6-5-7-12-20/h3-15,27,30H,2,16-18H2,1H3,(H2,31,34)(H,32,35)/b10-3-,22-21-,30-26?. The zero-order chi connectivity index (χ0) is 26.2. The number of ether oxygens (including phenoxy) is 2. The zero-order valence-electron chi connectivity index (χ0n) is 20.6. The lowest BCUT2D eigenvalue weighted by Gasteiger charge is -2.18. The highest BCUT2D eigenvalue weighted by Crippen LogP contribution is 2.26. The number of anilines is 1. The van der Waals surface area contributed by atoms with E-state index in [0.29, 0.717) is 36.6 Å².